The summed E-state index contributed by atoms with van der Waals surface area (Å²) in [6.45, 7) is 2.71. The molecule has 1 saturated heterocycles. The minimum atomic E-state index is -0.957. The summed E-state index contributed by atoms with van der Waals surface area (Å²) >= 11 is 0. The summed E-state index contributed by atoms with van der Waals surface area (Å²) in [4.78, 5) is 22.1. The van der Waals surface area contributed by atoms with Gasteiger partial charge in [0.05, 0.1) is 24.7 Å². The highest BCUT2D eigenvalue weighted by molar-refractivity contribution is 5.74. The third-order valence-electron chi connectivity index (χ3n) is 2.92. The Morgan fingerprint density at radius 1 is 1.56 bits per heavy atom. The van der Waals surface area contributed by atoms with E-state index in [9.17, 15) is 9.59 Å². The maximum atomic E-state index is 11.6. The van der Waals surface area contributed by atoms with E-state index in [0.717, 1.165) is 6.42 Å². The number of urea groups is 1. The Kier molecular flexibility index (Phi) is 5.87. The minimum Gasteiger partial charge on any atom is -0.481 e. The third-order valence-corrected chi connectivity index (χ3v) is 2.92. The molecule has 1 aliphatic rings. The zero-order valence-corrected chi connectivity index (χ0v) is 10.6. The van der Waals surface area contributed by atoms with Gasteiger partial charge in [-0.2, -0.15) is 0 Å². The Balaban J connectivity index is 2.25. The van der Waals surface area contributed by atoms with Gasteiger partial charge in [-0.15, -0.1) is 0 Å². The average Bonchev–Trinajstić information content (AvgIpc) is 2.70. The number of carbonyl (C=O) groups is 2. The lowest BCUT2D eigenvalue weighted by Crippen LogP contribution is -2.47. The molecule has 0 radical (unpaired) electrons. The molecule has 0 bridgehead atoms. The number of nitrogens with one attached hydrogen (secondary N) is 2. The number of hydrogen-bond acceptors (Lipinski definition) is 4. The summed E-state index contributed by atoms with van der Waals surface area (Å²) in [5.74, 6) is -0.957. The molecule has 0 aromatic carbocycles. The van der Waals surface area contributed by atoms with E-state index in [1.165, 1.54) is 7.11 Å². The number of carbonyl (C=O) groups excluding carboxylic acids is 1. The fourth-order valence-electron chi connectivity index (χ4n) is 1.78. The molecule has 0 aromatic rings. The van der Waals surface area contributed by atoms with Gasteiger partial charge in [-0.05, 0) is 13.3 Å². The van der Waals surface area contributed by atoms with Gasteiger partial charge in [-0.3, -0.25) is 4.79 Å². The summed E-state index contributed by atoms with van der Waals surface area (Å²) in [5, 5.41) is 14.0. The Morgan fingerprint density at radius 3 is 2.78 bits per heavy atom. The van der Waals surface area contributed by atoms with Crippen LogP contribution >= 0.6 is 0 Å². The number of rotatable bonds is 6. The molecule has 18 heavy (non-hydrogen) atoms. The van der Waals surface area contributed by atoms with Gasteiger partial charge in [0.15, 0.2) is 0 Å². The Morgan fingerprint density at radius 2 is 2.28 bits per heavy atom. The standard InChI is InChI=1S/C11H20N2O5/c1-7-9(3-4-18-7)13-11(16)12-6-8(17-2)5-10(14)15/h7-9H,3-6H2,1-2H3,(H,14,15)(H2,12,13,16). The molecule has 3 N–H and O–H groups in total. The van der Waals surface area contributed by atoms with Crippen LogP contribution in [0.5, 0.6) is 0 Å². The number of amides is 2. The van der Waals surface area contributed by atoms with Gasteiger partial charge < -0.3 is 25.2 Å². The highest BCUT2D eigenvalue weighted by Gasteiger charge is 2.25. The first kappa shape index (κ1) is 14.7. The van der Waals surface area contributed by atoms with E-state index in [1.807, 2.05) is 6.92 Å². The maximum absolute atomic E-state index is 11.6. The Hall–Kier alpha value is -1.34. The summed E-state index contributed by atoms with van der Waals surface area (Å²) in [5.41, 5.74) is 0. The summed E-state index contributed by atoms with van der Waals surface area (Å²) in [6.07, 6.45) is 0.135. The second-order valence-corrected chi connectivity index (χ2v) is 4.28. The molecule has 7 nitrogen and oxygen atoms in total. The van der Waals surface area contributed by atoms with Crippen LogP contribution in [0.1, 0.15) is 19.8 Å². The van der Waals surface area contributed by atoms with Crippen molar-refractivity contribution in [1.82, 2.24) is 10.6 Å². The lowest BCUT2D eigenvalue weighted by molar-refractivity contribution is -0.139. The van der Waals surface area contributed by atoms with Crippen molar-refractivity contribution in [3.05, 3.63) is 0 Å². The number of carboxylic acids is 1. The number of methoxy groups -OCH3 is 1. The van der Waals surface area contributed by atoms with Crippen molar-refractivity contribution >= 4 is 12.0 Å². The molecule has 2 amide bonds. The predicted molar refractivity (Wildman–Crippen MR) is 63.4 cm³/mol. The van der Waals surface area contributed by atoms with Crippen molar-refractivity contribution in [2.45, 2.75) is 38.0 Å². The second kappa shape index (κ2) is 7.17. The van der Waals surface area contributed by atoms with Crippen molar-refractivity contribution < 1.29 is 24.2 Å². The molecule has 1 fully saturated rings. The van der Waals surface area contributed by atoms with Crippen LogP contribution in [0.15, 0.2) is 0 Å². The number of ether oxygens (including phenoxy) is 2. The smallest absolute Gasteiger partial charge is 0.315 e. The lowest BCUT2D eigenvalue weighted by atomic mass is 10.2. The zero-order valence-electron chi connectivity index (χ0n) is 10.6. The van der Waals surface area contributed by atoms with Gasteiger partial charge in [0.1, 0.15) is 0 Å². The minimum absolute atomic E-state index is 0.00506. The van der Waals surface area contributed by atoms with Crippen LogP contribution in [-0.4, -0.2) is 55.6 Å². The van der Waals surface area contributed by atoms with E-state index < -0.39 is 12.1 Å². The van der Waals surface area contributed by atoms with Gasteiger partial charge in [-0.25, -0.2) is 4.79 Å². The summed E-state index contributed by atoms with van der Waals surface area (Å²) in [6, 6.07) is -0.324. The number of aliphatic carboxylic acids is 1. The monoisotopic (exact) mass is 260 g/mol. The normalized spacial score (nSPS) is 24.6. The molecule has 1 aliphatic heterocycles. The highest BCUT2D eigenvalue weighted by atomic mass is 16.5. The maximum Gasteiger partial charge on any atom is 0.315 e. The van der Waals surface area contributed by atoms with Crippen LogP contribution in [0.4, 0.5) is 4.79 Å². The molecule has 3 atom stereocenters. The predicted octanol–water partition coefficient (Wildman–Crippen LogP) is -0.0473. The van der Waals surface area contributed by atoms with E-state index in [1.54, 1.807) is 0 Å². The first-order chi connectivity index (χ1) is 8.52. The van der Waals surface area contributed by atoms with Gasteiger partial charge in [0, 0.05) is 20.3 Å². The molecule has 7 heteroatoms. The van der Waals surface area contributed by atoms with E-state index in [-0.39, 0.29) is 31.1 Å². The zero-order chi connectivity index (χ0) is 13.5. The molecule has 3 unspecified atom stereocenters. The lowest BCUT2D eigenvalue weighted by Gasteiger charge is -2.18. The molecule has 0 spiro atoms. The molecule has 0 saturated carbocycles. The van der Waals surface area contributed by atoms with E-state index in [0.29, 0.717) is 6.61 Å². The van der Waals surface area contributed by atoms with Gasteiger partial charge >= 0.3 is 12.0 Å². The third kappa shape index (κ3) is 4.89. The fraction of sp³-hybridized carbons (Fsp3) is 0.818. The highest BCUT2D eigenvalue weighted by Crippen LogP contribution is 2.12. The van der Waals surface area contributed by atoms with Crippen LogP contribution in [0.3, 0.4) is 0 Å². The van der Waals surface area contributed by atoms with Crippen LogP contribution in [0, 0.1) is 0 Å². The second-order valence-electron chi connectivity index (χ2n) is 4.28. The summed E-state index contributed by atoms with van der Waals surface area (Å²) in [7, 11) is 1.42. The largest absolute Gasteiger partial charge is 0.481 e. The van der Waals surface area contributed by atoms with Crippen LogP contribution < -0.4 is 10.6 Å². The molecule has 1 rings (SSSR count). The van der Waals surface area contributed by atoms with Crippen LogP contribution in [-0.2, 0) is 14.3 Å². The first-order valence-corrected chi connectivity index (χ1v) is 5.93. The SMILES string of the molecule is COC(CNC(=O)NC1CCOC1C)CC(=O)O. The Labute approximate surface area is 106 Å². The summed E-state index contributed by atoms with van der Waals surface area (Å²) < 4.78 is 10.3. The van der Waals surface area contributed by atoms with E-state index in [2.05, 4.69) is 10.6 Å². The molecule has 0 aliphatic carbocycles. The fourth-order valence-corrected chi connectivity index (χ4v) is 1.78. The van der Waals surface area contributed by atoms with Gasteiger partial charge in [0.2, 0.25) is 0 Å². The van der Waals surface area contributed by atoms with Gasteiger partial charge in [0.25, 0.3) is 0 Å². The Bertz CT molecular complexity index is 297. The number of hydrogen-bond donors (Lipinski definition) is 3. The van der Waals surface area contributed by atoms with E-state index >= 15 is 0 Å². The van der Waals surface area contributed by atoms with Crippen molar-refractivity contribution in [1.29, 1.82) is 0 Å². The van der Waals surface area contributed by atoms with Crippen LogP contribution in [0.2, 0.25) is 0 Å². The van der Waals surface area contributed by atoms with E-state index in [4.69, 9.17) is 14.6 Å². The van der Waals surface area contributed by atoms with Gasteiger partial charge in [-0.1, -0.05) is 0 Å². The van der Waals surface area contributed by atoms with Crippen molar-refractivity contribution in [2.75, 3.05) is 20.3 Å². The molecular weight excluding hydrogens is 240 g/mol. The van der Waals surface area contributed by atoms with Crippen molar-refractivity contribution in [3.8, 4) is 0 Å². The first-order valence-electron chi connectivity index (χ1n) is 5.93. The van der Waals surface area contributed by atoms with Crippen LogP contribution in [0.25, 0.3) is 0 Å². The molecule has 104 valence electrons. The number of carboxylic acid groups (broad SMARTS) is 1. The quantitative estimate of drug-likeness (QED) is 0.622. The molecule has 0 aromatic heterocycles. The molecular formula is C11H20N2O5. The van der Waals surface area contributed by atoms with Crippen molar-refractivity contribution in [3.63, 3.8) is 0 Å². The average molecular weight is 260 g/mol. The van der Waals surface area contributed by atoms with Crippen molar-refractivity contribution in [2.24, 2.45) is 0 Å². The molecule has 1 heterocycles. The topological polar surface area (TPSA) is 96.9 Å².